The molecule has 0 spiro atoms. The number of pyridine rings is 1. The van der Waals surface area contributed by atoms with Crippen molar-refractivity contribution in [3.63, 3.8) is 0 Å². The van der Waals surface area contributed by atoms with Gasteiger partial charge in [-0.05, 0) is 51.3 Å². The van der Waals surface area contributed by atoms with Gasteiger partial charge in [0.1, 0.15) is 5.82 Å². The molecule has 0 aliphatic carbocycles. The van der Waals surface area contributed by atoms with Gasteiger partial charge in [0.25, 0.3) is 0 Å². The fourth-order valence-corrected chi connectivity index (χ4v) is 3.33. The average molecular weight is 301 g/mol. The smallest absolute Gasteiger partial charge is 0.335 e. The highest BCUT2D eigenvalue weighted by Crippen LogP contribution is 2.22. The van der Waals surface area contributed by atoms with Gasteiger partial charge in [0.05, 0.1) is 17.3 Å². The van der Waals surface area contributed by atoms with Crippen molar-refractivity contribution in [2.75, 3.05) is 13.1 Å². The lowest BCUT2D eigenvalue weighted by Gasteiger charge is -2.35. The number of carboxylic acid groups (broad SMARTS) is 1. The average Bonchev–Trinajstić information content (AvgIpc) is 2.90. The van der Waals surface area contributed by atoms with Gasteiger partial charge in [0.15, 0.2) is 0 Å². The molecular weight excluding hydrogens is 278 g/mol. The summed E-state index contributed by atoms with van der Waals surface area (Å²) >= 11 is 0. The van der Waals surface area contributed by atoms with Crippen LogP contribution in [0.25, 0.3) is 5.52 Å². The monoisotopic (exact) mass is 301 g/mol. The van der Waals surface area contributed by atoms with Crippen LogP contribution >= 0.6 is 0 Å². The highest BCUT2D eigenvalue weighted by Gasteiger charge is 2.23. The first kappa shape index (κ1) is 15.0. The fourth-order valence-electron chi connectivity index (χ4n) is 3.33. The Hall–Kier alpha value is -1.88. The molecule has 3 rings (SSSR count). The quantitative estimate of drug-likeness (QED) is 0.943. The van der Waals surface area contributed by atoms with E-state index >= 15 is 0 Å². The van der Waals surface area contributed by atoms with Gasteiger partial charge in [-0.1, -0.05) is 0 Å². The summed E-state index contributed by atoms with van der Waals surface area (Å²) in [6.45, 7) is 6.82. The van der Waals surface area contributed by atoms with Crippen molar-refractivity contribution < 1.29 is 9.90 Å². The van der Waals surface area contributed by atoms with E-state index in [2.05, 4.69) is 23.7 Å². The highest BCUT2D eigenvalue weighted by molar-refractivity contribution is 5.88. The number of likely N-dealkylation sites (tertiary alicyclic amines) is 1. The van der Waals surface area contributed by atoms with E-state index < -0.39 is 5.97 Å². The Labute approximate surface area is 130 Å². The van der Waals surface area contributed by atoms with Gasteiger partial charge < -0.3 is 14.4 Å². The van der Waals surface area contributed by atoms with Crippen LogP contribution in [0.15, 0.2) is 24.5 Å². The second kappa shape index (κ2) is 6.08. The third kappa shape index (κ3) is 2.99. The molecule has 0 aromatic carbocycles. The Balaban J connectivity index is 1.78. The SMILES string of the molecule is CC(C)N1CCCC(Cc2ncc3cc(C(=O)O)ccn23)C1. The number of imidazole rings is 1. The number of fused-ring (bicyclic) bond motifs is 1. The first-order valence-electron chi connectivity index (χ1n) is 7.98. The third-order valence-electron chi connectivity index (χ3n) is 4.61. The number of hydrogen-bond acceptors (Lipinski definition) is 3. The number of rotatable bonds is 4. The zero-order chi connectivity index (χ0) is 15.7. The summed E-state index contributed by atoms with van der Waals surface area (Å²) < 4.78 is 2.01. The minimum absolute atomic E-state index is 0.308. The molecule has 0 bridgehead atoms. The van der Waals surface area contributed by atoms with Crippen molar-refractivity contribution in [1.82, 2.24) is 14.3 Å². The zero-order valence-electron chi connectivity index (χ0n) is 13.2. The van der Waals surface area contributed by atoms with Crippen LogP contribution in [0.4, 0.5) is 0 Å². The summed E-state index contributed by atoms with van der Waals surface area (Å²) in [6, 6.07) is 3.92. The van der Waals surface area contributed by atoms with E-state index in [4.69, 9.17) is 5.11 Å². The Morgan fingerprint density at radius 2 is 2.32 bits per heavy atom. The maximum atomic E-state index is 11.0. The van der Waals surface area contributed by atoms with Crippen molar-refractivity contribution in [3.05, 3.63) is 35.9 Å². The van der Waals surface area contributed by atoms with Gasteiger partial charge in [0.2, 0.25) is 0 Å². The molecule has 5 nitrogen and oxygen atoms in total. The van der Waals surface area contributed by atoms with E-state index in [0.717, 1.165) is 24.3 Å². The fraction of sp³-hybridized carbons (Fsp3) is 0.529. The molecule has 5 heteroatoms. The van der Waals surface area contributed by atoms with Gasteiger partial charge in [0, 0.05) is 25.2 Å². The van der Waals surface area contributed by atoms with Gasteiger partial charge in [-0.15, -0.1) is 0 Å². The molecular formula is C17H23N3O2. The summed E-state index contributed by atoms with van der Waals surface area (Å²) in [4.78, 5) is 18.1. The van der Waals surface area contributed by atoms with Crippen molar-refractivity contribution >= 4 is 11.5 Å². The van der Waals surface area contributed by atoms with E-state index in [1.165, 1.54) is 19.4 Å². The Morgan fingerprint density at radius 1 is 1.50 bits per heavy atom. The summed E-state index contributed by atoms with van der Waals surface area (Å²) in [5.41, 5.74) is 1.16. The van der Waals surface area contributed by atoms with Crippen LogP contribution in [0.1, 0.15) is 42.9 Å². The third-order valence-corrected chi connectivity index (χ3v) is 4.61. The Bertz CT molecular complexity index is 678. The van der Waals surface area contributed by atoms with Crippen LogP contribution in [-0.4, -0.2) is 44.5 Å². The number of nitrogens with zero attached hydrogens (tertiary/aromatic N) is 3. The maximum absolute atomic E-state index is 11.0. The molecule has 3 heterocycles. The Morgan fingerprint density at radius 3 is 3.05 bits per heavy atom. The molecule has 1 atom stereocenters. The van der Waals surface area contributed by atoms with Crippen molar-refractivity contribution in [3.8, 4) is 0 Å². The summed E-state index contributed by atoms with van der Waals surface area (Å²) in [6.07, 6.45) is 7.03. The number of aromatic nitrogens is 2. The predicted molar refractivity (Wildman–Crippen MR) is 85.3 cm³/mol. The molecule has 0 amide bonds. The number of aromatic carboxylic acids is 1. The van der Waals surface area contributed by atoms with Gasteiger partial charge in [-0.3, -0.25) is 0 Å². The molecule has 1 fully saturated rings. The largest absolute Gasteiger partial charge is 0.478 e. The van der Waals surface area contributed by atoms with Crippen molar-refractivity contribution in [1.29, 1.82) is 0 Å². The number of piperidine rings is 1. The zero-order valence-corrected chi connectivity index (χ0v) is 13.2. The van der Waals surface area contributed by atoms with E-state index in [1.807, 2.05) is 10.6 Å². The summed E-state index contributed by atoms with van der Waals surface area (Å²) in [7, 11) is 0. The van der Waals surface area contributed by atoms with Gasteiger partial charge in [-0.2, -0.15) is 0 Å². The second-order valence-corrected chi connectivity index (χ2v) is 6.49. The molecule has 1 aliphatic heterocycles. The van der Waals surface area contributed by atoms with Crippen LogP contribution in [0, 0.1) is 5.92 Å². The lowest BCUT2D eigenvalue weighted by Crippen LogP contribution is -2.40. The lowest BCUT2D eigenvalue weighted by molar-refractivity contribution is 0.0697. The molecule has 118 valence electrons. The molecule has 2 aromatic heterocycles. The minimum atomic E-state index is -0.898. The van der Waals surface area contributed by atoms with E-state index in [1.54, 1.807) is 18.3 Å². The summed E-state index contributed by atoms with van der Waals surface area (Å²) in [5, 5.41) is 9.06. The molecule has 0 saturated carbocycles. The van der Waals surface area contributed by atoms with Crippen LogP contribution in [0.5, 0.6) is 0 Å². The summed E-state index contributed by atoms with van der Waals surface area (Å²) in [5.74, 6) is 0.758. The van der Waals surface area contributed by atoms with Crippen LogP contribution < -0.4 is 0 Å². The van der Waals surface area contributed by atoms with Crippen LogP contribution in [0.2, 0.25) is 0 Å². The van der Waals surface area contributed by atoms with Crippen LogP contribution in [-0.2, 0) is 6.42 Å². The van der Waals surface area contributed by atoms with Crippen molar-refractivity contribution in [2.24, 2.45) is 5.92 Å². The molecule has 1 aliphatic rings. The first-order chi connectivity index (χ1) is 10.5. The normalized spacial score (nSPS) is 19.9. The molecule has 1 saturated heterocycles. The molecule has 22 heavy (non-hydrogen) atoms. The standard InChI is InChI=1S/C17H23N3O2/c1-12(2)19-6-3-4-13(11-19)8-16-18-10-15-9-14(17(21)22)5-7-20(15)16/h5,7,9-10,12-13H,3-4,6,8,11H2,1-2H3,(H,21,22). The van der Waals surface area contributed by atoms with E-state index in [-0.39, 0.29) is 0 Å². The predicted octanol–water partition coefficient (Wildman–Crippen LogP) is 2.70. The number of carboxylic acids is 1. The van der Waals surface area contributed by atoms with E-state index in [0.29, 0.717) is 17.5 Å². The molecule has 1 N–H and O–H groups in total. The molecule has 0 radical (unpaired) electrons. The minimum Gasteiger partial charge on any atom is -0.478 e. The molecule has 1 unspecified atom stereocenters. The van der Waals surface area contributed by atoms with Crippen molar-refractivity contribution in [2.45, 2.75) is 39.2 Å². The van der Waals surface area contributed by atoms with Gasteiger partial charge in [-0.25, -0.2) is 9.78 Å². The van der Waals surface area contributed by atoms with Crippen LogP contribution in [0.3, 0.4) is 0 Å². The van der Waals surface area contributed by atoms with E-state index in [9.17, 15) is 4.79 Å². The Kier molecular flexibility index (Phi) is 4.16. The topological polar surface area (TPSA) is 57.8 Å². The van der Waals surface area contributed by atoms with Gasteiger partial charge >= 0.3 is 5.97 Å². The number of carbonyl (C=O) groups is 1. The lowest BCUT2D eigenvalue weighted by atomic mass is 9.93. The maximum Gasteiger partial charge on any atom is 0.335 e. The number of hydrogen-bond donors (Lipinski definition) is 1. The molecule has 2 aromatic rings. The second-order valence-electron chi connectivity index (χ2n) is 6.49. The highest BCUT2D eigenvalue weighted by atomic mass is 16.4. The first-order valence-corrected chi connectivity index (χ1v) is 7.98.